The van der Waals surface area contributed by atoms with E-state index in [1.54, 1.807) is 0 Å². The van der Waals surface area contributed by atoms with Crippen molar-refractivity contribution in [2.75, 3.05) is 4.90 Å². The Bertz CT molecular complexity index is 1720. The van der Waals surface area contributed by atoms with Gasteiger partial charge in [-0.3, -0.25) is 14.9 Å². The molecule has 1 aliphatic rings. The van der Waals surface area contributed by atoms with Crippen LogP contribution in [0.15, 0.2) is 91.4 Å². The minimum Gasteiger partial charge on any atom is -0.304 e. The third-order valence-electron chi connectivity index (χ3n) is 7.63. The maximum Gasteiger partial charge on any atom is 0.137 e. The molecule has 0 aliphatic carbocycles. The average Bonchev–Trinajstić information content (AvgIpc) is 3.25. The molecule has 0 saturated carbocycles. The first kappa shape index (κ1) is 21.7. The molecular weight excluding hydrogens is 454 g/mol. The van der Waals surface area contributed by atoms with Crippen LogP contribution in [0.25, 0.3) is 27.8 Å². The van der Waals surface area contributed by atoms with Crippen LogP contribution in [0.5, 0.6) is 0 Å². The molecule has 7 rings (SSSR count). The van der Waals surface area contributed by atoms with E-state index < -0.39 is 0 Å². The van der Waals surface area contributed by atoms with Gasteiger partial charge in [-0.25, -0.2) is 4.98 Å². The van der Waals surface area contributed by atoms with E-state index in [9.17, 15) is 0 Å². The van der Waals surface area contributed by atoms with Gasteiger partial charge in [-0.1, -0.05) is 49.2 Å². The fourth-order valence-corrected chi connectivity index (χ4v) is 5.78. The number of aryl methyl sites for hydroxylation is 2. The number of pyridine rings is 3. The molecule has 180 valence electrons. The molecule has 1 aliphatic heterocycles. The van der Waals surface area contributed by atoms with Crippen molar-refractivity contribution >= 4 is 39.3 Å². The molecule has 5 nitrogen and oxygen atoms in total. The van der Waals surface area contributed by atoms with Crippen LogP contribution < -0.4 is 4.90 Å². The molecule has 5 heterocycles. The average molecular weight is 482 g/mol. The molecule has 2 aromatic carbocycles. The second kappa shape index (κ2) is 7.74. The zero-order chi connectivity index (χ0) is 25.3. The van der Waals surface area contributed by atoms with Gasteiger partial charge in [0.1, 0.15) is 16.9 Å². The maximum atomic E-state index is 5.03. The zero-order valence-corrected chi connectivity index (χ0v) is 21.4. The van der Waals surface area contributed by atoms with Crippen molar-refractivity contribution in [3.8, 4) is 5.69 Å². The van der Waals surface area contributed by atoms with E-state index in [1.165, 1.54) is 33.6 Å². The first-order valence-corrected chi connectivity index (χ1v) is 12.6. The standard InChI is InChI=1S/C32H27N5/c1-20-9-12-25-23(17-20)32(3,4)24-18-21(2)10-13-26(24)37(25)29-14-11-22(19-35-29)36-27-7-5-15-33-30(27)31-28(36)8-6-16-34-31/h5-19H,1-4H3. The largest absolute Gasteiger partial charge is 0.304 e. The number of benzene rings is 2. The Morgan fingerprint density at radius 1 is 0.649 bits per heavy atom. The van der Waals surface area contributed by atoms with Crippen LogP contribution >= 0.6 is 0 Å². The quantitative estimate of drug-likeness (QED) is 0.254. The fourth-order valence-electron chi connectivity index (χ4n) is 5.78. The Morgan fingerprint density at radius 2 is 1.22 bits per heavy atom. The van der Waals surface area contributed by atoms with E-state index in [0.717, 1.165) is 33.6 Å². The van der Waals surface area contributed by atoms with E-state index in [-0.39, 0.29) is 5.41 Å². The molecule has 0 radical (unpaired) electrons. The summed E-state index contributed by atoms with van der Waals surface area (Å²) in [5.74, 6) is 0.895. The van der Waals surface area contributed by atoms with E-state index in [1.807, 2.05) is 30.7 Å². The second-order valence-electron chi connectivity index (χ2n) is 10.5. The molecule has 0 spiro atoms. The highest BCUT2D eigenvalue weighted by molar-refractivity contribution is 6.04. The first-order chi connectivity index (χ1) is 17.9. The Morgan fingerprint density at radius 3 is 1.73 bits per heavy atom. The third kappa shape index (κ3) is 3.13. The highest BCUT2D eigenvalue weighted by atomic mass is 15.2. The van der Waals surface area contributed by atoms with E-state index >= 15 is 0 Å². The number of rotatable bonds is 2. The highest BCUT2D eigenvalue weighted by Crippen LogP contribution is 2.51. The van der Waals surface area contributed by atoms with Crippen molar-refractivity contribution in [1.82, 2.24) is 19.5 Å². The minimum absolute atomic E-state index is 0.109. The van der Waals surface area contributed by atoms with E-state index in [4.69, 9.17) is 4.98 Å². The fraction of sp³-hybridized carbons (Fsp3) is 0.156. The SMILES string of the molecule is Cc1ccc2c(c1)C(C)(C)c1cc(C)ccc1N2c1ccc(-n2c3cccnc3c3ncccc32)cn1. The predicted octanol–water partition coefficient (Wildman–Crippen LogP) is 7.69. The lowest BCUT2D eigenvalue weighted by atomic mass is 9.73. The Hall–Kier alpha value is -4.51. The van der Waals surface area contributed by atoms with Gasteiger partial charge in [0.05, 0.1) is 34.3 Å². The van der Waals surface area contributed by atoms with Gasteiger partial charge in [-0.05, 0) is 73.5 Å². The van der Waals surface area contributed by atoms with Gasteiger partial charge in [-0.2, -0.15) is 0 Å². The molecule has 0 unspecified atom stereocenters. The molecule has 0 amide bonds. The molecule has 0 fully saturated rings. The van der Waals surface area contributed by atoms with Crippen molar-refractivity contribution in [1.29, 1.82) is 0 Å². The number of aromatic nitrogens is 4. The number of hydrogen-bond donors (Lipinski definition) is 0. The molecule has 6 aromatic rings. The topological polar surface area (TPSA) is 46.8 Å². The van der Waals surface area contributed by atoms with Gasteiger partial charge in [-0.15, -0.1) is 0 Å². The summed E-state index contributed by atoms with van der Waals surface area (Å²) in [7, 11) is 0. The van der Waals surface area contributed by atoms with Crippen molar-refractivity contribution in [3.63, 3.8) is 0 Å². The van der Waals surface area contributed by atoms with Crippen LogP contribution in [0, 0.1) is 13.8 Å². The number of hydrogen-bond acceptors (Lipinski definition) is 4. The van der Waals surface area contributed by atoms with Crippen LogP contribution in [-0.4, -0.2) is 19.5 Å². The summed E-state index contributed by atoms with van der Waals surface area (Å²) >= 11 is 0. The van der Waals surface area contributed by atoms with Crippen molar-refractivity contribution < 1.29 is 0 Å². The van der Waals surface area contributed by atoms with Crippen molar-refractivity contribution in [2.24, 2.45) is 0 Å². The van der Waals surface area contributed by atoms with Crippen LogP contribution in [0.4, 0.5) is 17.2 Å². The smallest absolute Gasteiger partial charge is 0.137 e. The summed E-state index contributed by atoms with van der Waals surface area (Å²) < 4.78 is 2.19. The van der Waals surface area contributed by atoms with Crippen molar-refractivity contribution in [3.05, 3.63) is 114 Å². The van der Waals surface area contributed by atoms with Crippen LogP contribution in [0.3, 0.4) is 0 Å². The van der Waals surface area contributed by atoms with Gasteiger partial charge >= 0.3 is 0 Å². The van der Waals surface area contributed by atoms with Gasteiger partial charge in [0.25, 0.3) is 0 Å². The Balaban J connectivity index is 1.42. The summed E-state index contributed by atoms with van der Waals surface area (Å²) in [6.45, 7) is 8.97. The molecule has 0 bridgehead atoms. The predicted molar refractivity (Wildman–Crippen MR) is 150 cm³/mol. The monoisotopic (exact) mass is 481 g/mol. The Labute approximate surface area is 216 Å². The van der Waals surface area contributed by atoms with Gasteiger partial charge < -0.3 is 4.57 Å². The molecule has 37 heavy (non-hydrogen) atoms. The normalized spacial score (nSPS) is 14.1. The summed E-state index contributed by atoms with van der Waals surface area (Å²) in [6, 6.07) is 25.8. The summed E-state index contributed by atoms with van der Waals surface area (Å²) in [5, 5.41) is 0. The summed E-state index contributed by atoms with van der Waals surface area (Å²) in [5.41, 5.74) is 12.2. The molecule has 5 heteroatoms. The molecule has 0 N–H and O–H groups in total. The van der Waals surface area contributed by atoms with Crippen LogP contribution in [-0.2, 0) is 5.41 Å². The Kier molecular flexibility index (Phi) is 4.55. The lowest BCUT2D eigenvalue weighted by molar-refractivity contribution is 0.630. The highest BCUT2D eigenvalue weighted by Gasteiger charge is 2.37. The summed E-state index contributed by atoms with van der Waals surface area (Å²) in [4.78, 5) is 16.6. The van der Waals surface area contributed by atoms with Gasteiger partial charge in [0.2, 0.25) is 0 Å². The first-order valence-electron chi connectivity index (χ1n) is 12.6. The van der Waals surface area contributed by atoms with E-state index in [0.29, 0.717) is 0 Å². The zero-order valence-electron chi connectivity index (χ0n) is 21.4. The third-order valence-corrected chi connectivity index (χ3v) is 7.63. The lowest BCUT2D eigenvalue weighted by Gasteiger charge is -2.42. The maximum absolute atomic E-state index is 5.03. The number of nitrogens with zero attached hydrogens (tertiary/aromatic N) is 5. The molecule has 0 saturated heterocycles. The van der Waals surface area contributed by atoms with Crippen LogP contribution in [0.1, 0.15) is 36.1 Å². The second-order valence-corrected chi connectivity index (χ2v) is 10.5. The summed E-state index contributed by atoms with van der Waals surface area (Å²) in [6.07, 6.45) is 5.59. The van der Waals surface area contributed by atoms with Gasteiger partial charge in [0.15, 0.2) is 0 Å². The number of fused-ring (bicyclic) bond motifs is 5. The van der Waals surface area contributed by atoms with Crippen molar-refractivity contribution in [2.45, 2.75) is 33.1 Å². The lowest BCUT2D eigenvalue weighted by Crippen LogP contribution is -2.31. The molecular formula is C32H27N5. The molecule has 4 aromatic heterocycles. The van der Waals surface area contributed by atoms with E-state index in [2.05, 4.69) is 108 Å². The minimum atomic E-state index is -0.109. The number of anilines is 3. The van der Waals surface area contributed by atoms with Crippen LogP contribution in [0.2, 0.25) is 0 Å². The molecule has 0 atom stereocenters. The van der Waals surface area contributed by atoms with Gasteiger partial charge in [0, 0.05) is 17.8 Å².